The number of aliphatic imine (C=N–C) groups is 1. The average molecular weight is 312 g/mol. The first-order valence-corrected chi connectivity index (χ1v) is 7.57. The highest BCUT2D eigenvalue weighted by molar-refractivity contribution is 7.14. The van der Waals surface area contributed by atoms with Crippen molar-refractivity contribution in [3.63, 3.8) is 0 Å². The van der Waals surface area contributed by atoms with Crippen LogP contribution >= 0.6 is 34.5 Å². The number of rotatable bonds is 2. The van der Waals surface area contributed by atoms with Crippen molar-refractivity contribution in [2.45, 2.75) is 12.8 Å². The standard InChI is InChI=1S/C13H11Cl2N3S/c14-8-3-4-9(10(15)6-8)11-7-19-13(17-11)18-12-2-1-5-16-12/h3-4,6-7H,1-2,5H2,(H,16,17,18). The zero-order valence-corrected chi connectivity index (χ0v) is 12.3. The summed E-state index contributed by atoms with van der Waals surface area (Å²) in [5.41, 5.74) is 1.75. The van der Waals surface area contributed by atoms with Crippen LogP contribution in [-0.2, 0) is 0 Å². The molecular formula is C13H11Cl2N3S. The maximum Gasteiger partial charge on any atom is 0.188 e. The average Bonchev–Trinajstić information content (AvgIpc) is 3.01. The molecule has 0 amide bonds. The second-order valence-electron chi connectivity index (χ2n) is 4.22. The van der Waals surface area contributed by atoms with E-state index in [1.807, 2.05) is 17.5 Å². The maximum absolute atomic E-state index is 6.18. The molecule has 0 bridgehead atoms. The highest BCUT2D eigenvalue weighted by Gasteiger charge is 2.11. The monoisotopic (exact) mass is 311 g/mol. The molecular weight excluding hydrogens is 301 g/mol. The topological polar surface area (TPSA) is 37.3 Å². The third-order valence-electron chi connectivity index (χ3n) is 2.84. The predicted octanol–water partition coefficient (Wildman–Crippen LogP) is 4.72. The molecule has 1 N–H and O–H groups in total. The molecule has 1 aromatic carbocycles. The van der Waals surface area contributed by atoms with Crippen LogP contribution in [0.25, 0.3) is 11.3 Å². The van der Waals surface area contributed by atoms with Gasteiger partial charge in [0.25, 0.3) is 0 Å². The van der Waals surface area contributed by atoms with E-state index in [9.17, 15) is 0 Å². The van der Waals surface area contributed by atoms with Gasteiger partial charge in [-0.3, -0.25) is 4.99 Å². The summed E-state index contributed by atoms with van der Waals surface area (Å²) >= 11 is 13.6. The third kappa shape index (κ3) is 2.91. The van der Waals surface area contributed by atoms with Crippen LogP contribution in [0.4, 0.5) is 5.13 Å². The van der Waals surface area contributed by atoms with Gasteiger partial charge < -0.3 is 5.32 Å². The molecule has 1 aliphatic heterocycles. The number of benzene rings is 1. The van der Waals surface area contributed by atoms with Crippen molar-refractivity contribution in [3.8, 4) is 11.3 Å². The van der Waals surface area contributed by atoms with Crippen LogP contribution in [0.1, 0.15) is 12.8 Å². The van der Waals surface area contributed by atoms with Gasteiger partial charge in [-0.15, -0.1) is 11.3 Å². The normalized spacial score (nSPS) is 14.5. The number of thiazole rings is 1. The molecule has 3 nitrogen and oxygen atoms in total. The van der Waals surface area contributed by atoms with Crippen molar-refractivity contribution in [3.05, 3.63) is 33.6 Å². The smallest absolute Gasteiger partial charge is 0.188 e. The molecule has 0 saturated heterocycles. The van der Waals surface area contributed by atoms with Crippen molar-refractivity contribution in [1.29, 1.82) is 0 Å². The van der Waals surface area contributed by atoms with E-state index in [0.717, 1.165) is 41.6 Å². The Bertz CT molecular complexity index is 637. The summed E-state index contributed by atoms with van der Waals surface area (Å²) in [6.45, 7) is 0.906. The van der Waals surface area contributed by atoms with Crippen molar-refractivity contribution in [2.75, 3.05) is 11.9 Å². The van der Waals surface area contributed by atoms with Gasteiger partial charge in [-0.05, 0) is 24.6 Å². The number of amidine groups is 1. The zero-order chi connectivity index (χ0) is 13.2. The molecule has 6 heteroatoms. The first-order valence-electron chi connectivity index (χ1n) is 5.94. The van der Waals surface area contributed by atoms with Gasteiger partial charge in [-0.25, -0.2) is 4.98 Å². The second kappa shape index (κ2) is 5.49. The lowest BCUT2D eigenvalue weighted by atomic mass is 10.2. The first-order chi connectivity index (χ1) is 9.22. The van der Waals surface area contributed by atoms with E-state index in [2.05, 4.69) is 15.3 Å². The Balaban J connectivity index is 1.84. The van der Waals surface area contributed by atoms with Gasteiger partial charge in [0.2, 0.25) is 0 Å². The van der Waals surface area contributed by atoms with E-state index in [1.165, 1.54) is 0 Å². The van der Waals surface area contributed by atoms with Crippen LogP contribution in [0, 0.1) is 0 Å². The largest absolute Gasteiger partial charge is 0.320 e. The predicted molar refractivity (Wildman–Crippen MR) is 82.7 cm³/mol. The van der Waals surface area contributed by atoms with Gasteiger partial charge in [0.15, 0.2) is 5.13 Å². The quantitative estimate of drug-likeness (QED) is 0.871. The minimum atomic E-state index is 0.613. The minimum Gasteiger partial charge on any atom is -0.320 e. The van der Waals surface area contributed by atoms with Crippen LogP contribution in [-0.4, -0.2) is 17.4 Å². The molecule has 0 aliphatic carbocycles. The molecule has 19 heavy (non-hydrogen) atoms. The zero-order valence-electron chi connectivity index (χ0n) is 9.99. The number of nitrogens with one attached hydrogen (secondary N) is 1. The van der Waals surface area contributed by atoms with Gasteiger partial charge in [-0.1, -0.05) is 23.2 Å². The Hall–Kier alpha value is -1.10. The summed E-state index contributed by atoms with van der Waals surface area (Å²) < 4.78 is 0. The Labute approximate surface area is 125 Å². The number of hydrogen-bond acceptors (Lipinski definition) is 4. The Morgan fingerprint density at radius 2 is 2.16 bits per heavy atom. The van der Waals surface area contributed by atoms with E-state index in [1.54, 1.807) is 17.4 Å². The third-order valence-corrected chi connectivity index (χ3v) is 4.14. The SMILES string of the molecule is Clc1ccc(-c2csc(NC3=NCCC3)n2)c(Cl)c1. The first kappa shape index (κ1) is 12.9. The van der Waals surface area contributed by atoms with Crippen LogP contribution in [0.5, 0.6) is 0 Å². The van der Waals surface area contributed by atoms with Crippen molar-refractivity contribution >= 4 is 45.5 Å². The summed E-state index contributed by atoms with van der Waals surface area (Å²) in [6, 6.07) is 5.43. The minimum absolute atomic E-state index is 0.613. The van der Waals surface area contributed by atoms with Gasteiger partial charge in [-0.2, -0.15) is 0 Å². The molecule has 0 unspecified atom stereocenters. The highest BCUT2D eigenvalue weighted by Crippen LogP contribution is 2.32. The molecule has 2 aromatic rings. The van der Waals surface area contributed by atoms with Gasteiger partial charge in [0, 0.05) is 28.9 Å². The lowest BCUT2D eigenvalue weighted by Gasteiger charge is -2.02. The van der Waals surface area contributed by atoms with E-state index in [0.29, 0.717) is 10.0 Å². The summed E-state index contributed by atoms with van der Waals surface area (Å²) in [4.78, 5) is 8.90. The van der Waals surface area contributed by atoms with Crippen molar-refractivity contribution in [2.24, 2.45) is 4.99 Å². The fourth-order valence-corrected chi connectivity index (χ4v) is 3.15. The Morgan fingerprint density at radius 1 is 1.26 bits per heavy atom. The molecule has 1 aliphatic rings. The molecule has 2 heterocycles. The molecule has 98 valence electrons. The van der Waals surface area contributed by atoms with Crippen molar-refractivity contribution in [1.82, 2.24) is 4.98 Å². The molecule has 0 atom stereocenters. The van der Waals surface area contributed by atoms with Crippen LogP contribution in [0.2, 0.25) is 10.0 Å². The van der Waals surface area contributed by atoms with Crippen LogP contribution in [0.15, 0.2) is 28.6 Å². The van der Waals surface area contributed by atoms with Gasteiger partial charge in [0.1, 0.15) is 5.84 Å². The molecule has 3 rings (SSSR count). The number of hydrogen-bond donors (Lipinski definition) is 1. The van der Waals surface area contributed by atoms with Crippen LogP contribution in [0.3, 0.4) is 0 Å². The summed E-state index contributed by atoms with van der Waals surface area (Å²) in [7, 11) is 0. The lowest BCUT2D eigenvalue weighted by molar-refractivity contribution is 0.951. The summed E-state index contributed by atoms with van der Waals surface area (Å²) in [5.74, 6) is 1.02. The summed E-state index contributed by atoms with van der Waals surface area (Å²) in [6.07, 6.45) is 2.11. The molecule has 1 aromatic heterocycles. The van der Waals surface area contributed by atoms with Crippen LogP contribution < -0.4 is 5.32 Å². The molecule has 0 radical (unpaired) electrons. The second-order valence-corrected chi connectivity index (χ2v) is 5.92. The van der Waals surface area contributed by atoms with E-state index in [-0.39, 0.29) is 0 Å². The number of anilines is 1. The maximum atomic E-state index is 6.18. The molecule has 0 spiro atoms. The fraction of sp³-hybridized carbons (Fsp3) is 0.231. The highest BCUT2D eigenvalue weighted by atomic mass is 35.5. The van der Waals surface area contributed by atoms with Crippen molar-refractivity contribution < 1.29 is 0 Å². The Morgan fingerprint density at radius 3 is 2.89 bits per heavy atom. The lowest BCUT2D eigenvalue weighted by Crippen LogP contribution is -2.07. The Kier molecular flexibility index (Phi) is 3.73. The van der Waals surface area contributed by atoms with Gasteiger partial charge in [0.05, 0.1) is 10.7 Å². The summed E-state index contributed by atoms with van der Waals surface area (Å²) in [5, 5.41) is 7.32. The molecule has 0 saturated carbocycles. The van der Waals surface area contributed by atoms with E-state index >= 15 is 0 Å². The number of aromatic nitrogens is 1. The van der Waals surface area contributed by atoms with E-state index < -0.39 is 0 Å². The number of halogens is 2. The van der Waals surface area contributed by atoms with E-state index in [4.69, 9.17) is 23.2 Å². The molecule has 0 fully saturated rings. The number of nitrogens with zero attached hydrogens (tertiary/aromatic N) is 2. The van der Waals surface area contributed by atoms with Gasteiger partial charge >= 0.3 is 0 Å². The fourth-order valence-electron chi connectivity index (χ4n) is 1.92.